The monoisotopic (exact) mass is 645 g/mol. The maximum Gasteiger partial charge on any atom is 0.264 e. The first kappa shape index (κ1) is 33.7. The van der Waals surface area contributed by atoms with E-state index in [-0.39, 0.29) is 29.7 Å². The van der Waals surface area contributed by atoms with Gasteiger partial charge in [-0.15, -0.1) is 0 Å². The van der Waals surface area contributed by atoms with Crippen LogP contribution in [0.3, 0.4) is 0 Å². The van der Waals surface area contributed by atoms with E-state index in [4.69, 9.17) is 11.6 Å². The Morgan fingerprint density at radius 2 is 1.44 bits per heavy atom. The average Bonchev–Trinajstić information content (AvgIpc) is 3.02. The highest BCUT2D eigenvalue weighted by molar-refractivity contribution is 7.92. The Balaban J connectivity index is 1.80. The SMILES string of the molecule is Cc1ccc(N(CC(=O)N(Cc2ccccc2C)[C@H](Cc2ccccc2)C(=O)NCC(C)C)S(=O)(=O)c2ccc(Cl)cc2)cc1. The molecule has 45 heavy (non-hydrogen) atoms. The van der Waals surface area contributed by atoms with Crippen LogP contribution in [0.4, 0.5) is 5.69 Å². The highest BCUT2D eigenvalue weighted by Gasteiger charge is 2.34. The highest BCUT2D eigenvalue weighted by atomic mass is 35.5. The molecule has 0 unspecified atom stereocenters. The van der Waals surface area contributed by atoms with Crippen molar-refractivity contribution in [3.63, 3.8) is 0 Å². The summed E-state index contributed by atoms with van der Waals surface area (Å²) in [4.78, 5) is 29.9. The molecule has 0 radical (unpaired) electrons. The molecular formula is C36H40ClN3O4S. The van der Waals surface area contributed by atoms with Gasteiger partial charge >= 0.3 is 0 Å². The van der Waals surface area contributed by atoms with Crippen LogP contribution in [0.5, 0.6) is 0 Å². The van der Waals surface area contributed by atoms with Crippen LogP contribution in [-0.2, 0) is 32.6 Å². The van der Waals surface area contributed by atoms with Crippen LogP contribution in [-0.4, -0.2) is 44.3 Å². The molecule has 2 amide bonds. The molecule has 4 rings (SSSR count). The Labute approximate surface area is 271 Å². The van der Waals surface area contributed by atoms with E-state index in [2.05, 4.69) is 5.32 Å². The third-order valence-electron chi connectivity index (χ3n) is 7.56. The third kappa shape index (κ3) is 8.96. The fourth-order valence-corrected chi connectivity index (χ4v) is 6.46. The van der Waals surface area contributed by atoms with Gasteiger partial charge in [0.15, 0.2) is 0 Å². The summed E-state index contributed by atoms with van der Waals surface area (Å²) in [6.07, 6.45) is 0.261. The van der Waals surface area contributed by atoms with Crippen LogP contribution >= 0.6 is 11.6 Å². The van der Waals surface area contributed by atoms with Gasteiger partial charge in [-0.2, -0.15) is 0 Å². The second-order valence-electron chi connectivity index (χ2n) is 11.6. The number of nitrogens with zero attached hydrogens (tertiary/aromatic N) is 2. The minimum absolute atomic E-state index is 0.00115. The van der Waals surface area contributed by atoms with Gasteiger partial charge in [-0.25, -0.2) is 8.42 Å². The molecule has 7 nitrogen and oxygen atoms in total. The number of aryl methyl sites for hydroxylation is 2. The van der Waals surface area contributed by atoms with Gasteiger partial charge in [-0.05, 0) is 72.9 Å². The molecule has 0 aromatic heterocycles. The maximum atomic E-state index is 14.5. The Hall–Kier alpha value is -4.14. The van der Waals surface area contributed by atoms with Gasteiger partial charge in [-0.3, -0.25) is 13.9 Å². The normalized spacial score (nSPS) is 12.0. The zero-order valence-corrected chi connectivity index (χ0v) is 27.7. The lowest BCUT2D eigenvalue weighted by molar-refractivity contribution is -0.140. The first-order chi connectivity index (χ1) is 21.5. The molecule has 1 atom stereocenters. The van der Waals surface area contributed by atoms with E-state index in [1.165, 1.54) is 29.2 Å². The van der Waals surface area contributed by atoms with Gasteiger partial charge in [0, 0.05) is 24.5 Å². The molecule has 0 spiro atoms. The van der Waals surface area contributed by atoms with Gasteiger partial charge in [0.25, 0.3) is 10.0 Å². The highest BCUT2D eigenvalue weighted by Crippen LogP contribution is 2.26. The predicted octanol–water partition coefficient (Wildman–Crippen LogP) is 6.56. The average molecular weight is 646 g/mol. The Kier molecular flexibility index (Phi) is 11.4. The number of halogens is 1. The van der Waals surface area contributed by atoms with E-state index >= 15 is 0 Å². The molecule has 0 saturated heterocycles. The molecule has 4 aromatic rings. The molecule has 4 aromatic carbocycles. The first-order valence-corrected chi connectivity index (χ1v) is 16.8. The summed E-state index contributed by atoms with van der Waals surface area (Å²) in [7, 11) is -4.19. The van der Waals surface area contributed by atoms with E-state index in [9.17, 15) is 18.0 Å². The van der Waals surface area contributed by atoms with E-state index in [1.807, 2.05) is 82.3 Å². The van der Waals surface area contributed by atoms with Crippen molar-refractivity contribution in [2.45, 2.75) is 51.6 Å². The smallest absolute Gasteiger partial charge is 0.264 e. The number of anilines is 1. The number of carbonyl (C=O) groups excluding carboxylic acids is 2. The van der Waals surface area contributed by atoms with E-state index in [1.54, 1.807) is 24.3 Å². The van der Waals surface area contributed by atoms with Gasteiger partial charge < -0.3 is 10.2 Å². The van der Waals surface area contributed by atoms with Gasteiger partial charge in [0.05, 0.1) is 10.6 Å². The zero-order chi connectivity index (χ0) is 32.6. The van der Waals surface area contributed by atoms with Gasteiger partial charge in [0.1, 0.15) is 12.6 Å². The molecule has 236 valence electrons. The third-order valence-corrected chi connectivity index (χ3v) is 9.60. The first-order valence-electron chi connectivity index (χ1n) is 15.0. The van der Waals surface area contributed by atoms with Crippen molar-refractivity contribution in [1.82, 2.24) is 10.2 Å². The number of benzene rings is 4. The largest absolute Gasteiger partial charge is 0.354 e. The quantitative estimate of drug-likeness (QED) is 0.178. The molecular weight excluding hydrogens is 606 g/mol. The van der Waals surface area contributed by atoms with Crippen molar-refractivity contribution < 1.29 is 18.0 Å². The second kappa shape index (κ2) is 15.2. The van der Waals surface area contributed by atoms with Gasteiger partial charge in [-0.1, -0.05) is 97.7 Å². The lowest BCUT2D eigenvalue weighted by atomic mass is 10.0. The summed E-state index contributed by atoms with van der Waals surface area (Å²) in [5.74, 6) is -0.595. The molecule has 0 saturated carbocycles. The second-order valence-corrected chi connectivity index (χ2v) is 13.9. The number of nitrogens with one attached hydrogen (secondary N) is 1. The van der Waals surface area contributed by atoms with Crippen molar-refractivity contribution in [1.29, 1.82) is 0 Å². The van der Waals surface area contributed by atoms with E-state index < -0.39 is 28.5 Å². The predicted molar refractivity (Wildman–Crippen MR) is 181 cm³/mol. The summed E-state index contributed by atoms with van der Waals surface area (Å²) in [6, 6.07) is 29.1. The summed E-state index contributed by atoms with van der Waals surface area (Å²) in [5.41, 5.74) is 3.99. The molecule has 0 aliphatic rings. The molecule has 0 fully saturated rings. The van der Waals surface area contributed by atoms with Crippen LogP contribution in [0.25, 0.3) is 0 Å². The fourth-order valence-electron chi connectivity index (χ4n) is 4.92. The lowest BCUT2D eigenvalue weighted by Crippen LogP contribution is -2.53. The maximum absolute atomic E-state index is 14.5. The Bertz CT molecular complexity index is 1690. The molecule has 9 heteroatoms. The number of hydrogen-bond acceptors (Lipinski definition) is 4. The Morgan fingerprint density at radius 1 is 0.822 bits per heavy atom. The van der Waals surface area contributed by atoms with Crippen LogP contribution < -0.4 is 9.62 Å². The number of sulfonamides is 1. The number of amides is 2. The van der Waals surface area contributed by atoms with Crippen LogP contribution in [0.2, 0.25) is 5.02 Å². The van der Waals surface area contributed by atoms with Crippen molar-refractivity contribution in [2.75, 3.05) is 17.4 Å². The summed E-state index contributed by atoms with van der Waals surface area (Å²) < 4.78 is 29.3. The van der Waals surface area contributed by atoms with Crippen molar-refractivity contribution >= 4 is 39.1 Å². The standard InChI is InChI=1S/C36H40ClN3O4S/c1-26(2)23-38-36(42)34(22-29-11-6-5-7-12-29)39(24-30-13-9-8-10-28(30)4)35(41)25-40(32-18-14-27(3)15-19-32)45(43,44)33-20-16-31(37)17-21-33/h5-21,26,34H,22-25H2,1-4H3,(H,38,42)/t34-/m1/s1. The molecule has 0 aliphatic carbocycles. The minimum Gasteiger partial charge on any atom is -0.354 e. The van der Waals surface area contributed by atoms with E-state index in [0.717, 1.165) is 26.6 Å². The Morgan fingerprint density at radius 3 is 2.07 bits per heavy atom. The number of carbonyl (C=O) groups is 2. The molecule has 1 N–H and O–H groups in total. The van der Waals surface area contributed by atoms with Crippen LogP contribution in [0.15, 0.2) is 108 Å². The lowest BCUT2D eigenvalue weighted by Gasteiger charge is -2.34. The summed E-state index contributed by atoms with van der Waals surface area (Å²) >= 11 is 6.06. The summed E-state index contributed by atoms with van der Waals surface area (Å²) in [6.45, 7) is 7.92. The van der Waals surface area contributed by atoms with Crippen LogP contribution in [0, 0.1) is 19.8 Å². The topological polar surface area (TPSA) is 86.8 Å². The van der Waals surface area contributed by atoms with Crippen molar-refractivity contribution in [3.8, 4) is 0 Å². The fraction of sp³-hybridized carbons (Fsp3) is 0.278. The van der Waals surface area contributed by atoms with Crippen molar-refractivity contribution in [3.05, 3.63) is 130 Å². The molecule has 0 aliphatic heterocycles. The number of hydrogen-bond donors (Lipinski definition) is 1. The van der Waals surface area contributed by atoms with Crippen molar-refractivity contribution in [2.24, 2.45) is 5.92 Å². The molecule has 0 bridgehead atoms. The molecule has 0 heterocycles. The zero-order valence-electron chi connectivity index (χ0n) is 26.1. The van der Waals surface area contributed by atoms with Crippen LogP contribution in [0.1, 0.15) is 36.1 Å². The number of rotatable bonds is 13. The van der Waals surface area contributed by atoms with E-state index in [0.29, 0.717) is 17.3 Å². The summed E-state index contributed by atoms with van der Waals surface area (Å²) in [5, 5.41) is 3.41. The minimum atomic E-state index is -4.19. The van der Waals surface area contributed by atoms with Gasteiger partial charge in [0.2, 0.25) is 11.8 Å².